The second-order valence-corrected chi connectivity index (χ2v) is 5.90. The molecule has 0 aromatic heterocycles. The normalized spacial score (nSPS) is 17.9. The highest BCUT2D eigenvalue weighted by Crippen LogP contribution is 2.15. The third-order valence-electron chi connectivity index (χ3n) is 3.58. The van der Waals surface area contributed by atoms with Crippen molar-refractivity contribution < 1.29 is 9.53 Å². The van der Waals surface area contributed by atoms with Crippen LogP contribution in [0.3, 0.4) is 0 Å². The van der Waals surface area contributed by atoms with Crippen molar-refractivity contribution in [1.29, 1.82) is 0 Å². The lowest BCUT2D eigenvalue weighted by molar-refractivity contribution is -0.124. The fraction of sp³-hybridized carbons (Fsp3) is 0.923. The van der Waals surface area contributed by atoms with Crippen molar-refractivity contribution >= 4 is 30.7 Å². The lowest BCUT2D eigenvalue weighted by Gasteiger charge is -2.41. The van der Waals surface area contributed by atoms with E-state index < -0.39 is 6.04 Å². The van der Waals surface area contributed by atoms with Crippen molar-refractivity contribution in [1.82, 2.24) is 10.2 Å². The maximum atomic E-state index is 11.8. The fourth-order valence-corrected chi connectivity index (χ4v) is 2.00. The van der Waals surface area contributed by atoms with Crippen LogP contribution in [0.25, 0.3) is 0 Å². The molecule has 0 saturated carbocycles. The summed E-state index contributed by atoms with van der Waals surface area (Å²) in [5.74, 6) is 0.0998. The Morgan fingerprint density at radius 1 is 1.30 bits per heavy atom. The van der Waals surface area contributed by atoms with Gasteiger partial charge >= 0.3 is 0 Å². The molecule has 122 valence electrons. The van der Waals surface area contributed by atoms with E-state index in [4.69, 9.17) is 10.5 Å². The van der Waals surface area contributed by atoms with Crippen molar-refractivity contribution in [3.63, 3.8) is 0 Å². The molecule has 1 amide bonds. The number of hydrogen-bond donors (Lipinski definition) is 2. The molecule has 0 spiro atoms. The molecule has 1 rings (SSSR count). The van der Waals surface area contributed by atoms with Crippen molar-refractivity contribution in [2.45, 2.75) is 39.3 Å². The molecule has 7 heteroatoms. The summed E-state index contributed by atoms with van der Waals surface area (Å²) >= 11 is 0. The quantitative estimate of drug-likeness (QED) is 0.790. The van der Waals surface area contributed by atoms with Gasteiger partial charge in [-0.05, 0) is 19.8 Å². The fourth-order valence-electron chi connectivity index (χ4n) is 2.00. The van der Waals surface area contributed by atoms with Crippen LogP contribution in [-0.2, 0) is 9.53 Å². The molecule has 20 heavy (non-hydrogen) atoms. The molecule has 1 saturated heterocycles. The highest BCUT2D eigenvalue weighted by molar-refractivity contribution is 5.85. The summed E-state index contributed by atoms with van der Waals surface area (Å²) in [6.45, 7) is 12.2. The maximum absolute atomic E-state index is 11.8. The molecule has 0 aliphatic carbocycles. The minimum Gasteiger partial charge on any atom is -0.379 e. The first kappa shape index (κ1) is 22.2. The second kappa shape index (κ2) is 9.79. The summed E-state index contributed by atoms with van der Waals surface area (Å²) in [4.78, 5) is 14.2. The minimum absolute atomic E-state index is 0. The van der Waals surface area contributed by atoms with Crippen LogP contribution in [0.2, 0.25) is 0 Å². The standard InChI is InChI=1S/C13H27N3O2.2ClH/c1-10(2)11(14)12(17)15-9-13(3,4)16-5-7-18-8-6-16;;/h10-11H,5-9,14H2,1-4H3,(H,15,17);2*1H/t11-;;/m1../s1. The van der Waals surface area contributed by atoms with Crippen molar-refractivity contribution in [2.24, 2.45) is 11.7 Å². The third kappa shape index (κ3) is 6.59. The predicted octanol–water partition coefficient (Wildman–Crippen LogP) is 1.04. The summed E-state index contributed by atoms with van der Waals surface area (Å²) in [7, 11) is 0. The van der Waals surface area contributed by atoms with Gasteiger partial charge in [0.2, 0.25) is 5.91 Å². The molecule has 1 aliphatic rings. The minimum atomic E-state index is -0.425. The average molecular weight is 330 g/mol. The second-order valence-electron chi connectivity index (χ2n) is 5.90. The molecule has 0 aromatic rings. The zero-order valence-corrected chi connectivity index (χ0v) is 14.5. The van der Waals surface area contributed by atoms with Crippen LogP contribution in [0.15, 0.2) is 0 Å². The molecule has 0 bridgehead atoms. The smallest absolute Gasteiger partial charge is 0.237 e. The zero-order chi connectivity index (χ0) is 13.8. The Kier molecular flexibility index (Phi) is 10.9. The monoisotopic (exact) mass is 329 g/mol. The van der Waals surface area contributed by atoms with Gasteiger partial charge in [-0.25, -0.2) is 0 Å². The number of nitrogens with zero attached hydrogens (tertiary/aromatic N) is 1. The Bertz CT molecular complexity index is 283. The maximum Gasteiger partial charge on any atom is 0.237 e. The number of amides is 1. The Morgan fingerprint density at radius 3 is 2.25 bits per heavy atom. The van der Waals surface area contributed by atoms with E-state index >= 15 is 0 Å². The van der Waals surface area contributed by atoms with Gasteiger partial charge in [0.15, 0.2) is 0 Å². The summed E-state index contributed by atoms with van der Waals surface area (Å²) in [5, 5.41) is 2.95. The summed E-state index contributed by atoms with van der Waals surface area (Å²) in [6.07, 6.45) is 0. The Labute approximate surface area is 134 Å². The number of carbonyl (C=O) groups excluding carboxylic acids is 1. The van der Waals surface area contributed by atoms with Gasteiger partial charge < -0.3 is 15.8 Å². The van der Waals surface area contributed by atoms with Crippen molar-refractivity contribution in [3.05, 3.63) is 0 Å². The summed E-state index contributed by atoms with van der Waals surface area (Å²) in [6, 6.07) is -0.425. The average Bonchev–Trinajstić information content (AvgIpc) is 2.36. The number of nitrogens with one attached hydrogen (secondary N) is 1. The van der Waals surface area contributed by atoms with Crippen molar-refractivity contribution in [2.75, 3.05) is 32.8 Å². The Balaban J connectivity index is 0. The van der Waals surface area contributed by atoms with Gasteiger partial charge in [0.1, 0.15) is 0 Å². The van der Waals surface area contributed by atoms with E-state index in [1.807, 2.05) is 13.8 Å². The number of nitrogens with two attached hydrogens (primary N) is 1. The topological polar surface area (TPSA) is 67.6 Å². The molecular weight excluding hydrogens is 301 g/mol. The largest absolute Gasteiger partial charge is 0.379 e. The number of morpholine rings is 1. The molecule has 1 atom stereocenters. The van der Waals surface area contributed by atoms with Crippen molar-refractivity contribution in [3.8, 4) is 0 Å². The molecule has 1 heterocycles. The van der Waals surface area contributed by atoms with E-state index in [0.29, 0.717) is 6.54 Å². The van der Waals surface area contributed by atoms with E-state index in [0.717, 1.165) is 26.3 Å². The van der Waals surface area contributed by atoms with E-state index in [1.165, 1.54) is 0 Å². The number of hydrogen-bond acceptors (Lipinski definition) is 4. The van der Waals surface area contributed by atoms with Gasteiger partial charge in [-0.2, -0.15) is 0 Å². The van der Waals surface area contributed by atoms with Gasteiger partial charge in [-0.3, -0.25) is 9.69 Å². The molecule has 1 fully saturated rings. The molecule has 0 radical (unpaired) electrons. The van der Waals surface area contributed by atoms with Gasteiger partial charge in [-0.1, -0.05) is 13.8 Å². The molecular formula is C13H29Cl2N3O2. The zero-order valence-electron chi connectivity index (χ0n) is 12.8. The number of halogens is 2. The van der Waals surface area contributed by atoms with E-state index in [2.05, 4.69) is 24.1 Å². The highest BCUT2D eigenvalue weighted by atomic mass is 35.5. The molecule has 3 N–H and O–H groups in total. The van der Waals surface area contributed by atoms with Crippen LogP contribution < -0.4 is 11.1 Å². The lowest BCUT2D eigenvalue weighted by atomic mass is 10.0. The van der Waals surface area contributed by atoms with Crippen LogP contribution in [-0.4, -0.2) is 55.2 Å². The molecule has 1 aliphatic heterocycles. The summed E-state index contributed by atoms with van der Waals surface area (Å²) in [5.41, 5.74) is 5.76. The van der Waals surface area contributed by atoms with Crippen LogP contribution in [0.4, 0.5) is 0 Å². The first-order chi connectivity index (χ1) is 8.34. The summed E-state index contributed by atoms with van der Waals surface area (Å²) < 4.78 is 5.34. The number of ether oxygens (including phenoxy) is 1. The molecule has 0 aromatic carbocycles. The van der Waals surface area contributed by atoms with Crippen LogP contribution >= 0.6 is 24.8 Å². The van der Waals surface area contributed by atoms with Gasteiger partial charge in [0, 0.05) is 25.2 Å². The van der Waals surface area contributed by atoms with Crippen LogP contribution in [0.1, 0.15) is 27.7 Å². The number of rotatable bonds is 5. The Morgan fingerprint density at radius 2 is 1.80 bits per heavy atom. The third-order valence-corrected chi connectivity index (χ3v) is 3.58. The first-order valence-electron chi connectivity index (χ1n) is 6.70. The number of carbonyl (C=O) groups is 1. The lowest BCUT2D eigenvalue weighted by Crippen LogP contribution is -2.57. The van der Waals surface area contributed by atoms with E-state index in [1.54, 1.807) is 0 Å². The molecule has 0 unspecified atom stereocenters. The van der Waals surface area contributed by atoms with E-state index in [9.17, 15) is 4.79 Å². The van der Waals surface area contributed by atoms with Gasteiger partial charge in [-0.15, -0.1) is 24.8 Å². The highest BCUT2D eigenvalue weighted by Gasteiger charge is 2.29. The van der Waals surface area contributed by atoms with Gasteiger partial charge in [0.05, 0.1) is 19.3 Å². The van der Waals surface area contributed by atoms with Crippen LogP contribution in [0, 0.1) is 5.92 Å². The molecule has 5 nitrogen and oxygen atoms in total. The van der Waals surface area contributed by atoms with Crippen LogP contribution in [0.5, 0.6) is 0 Å². The first-order valence-corrected chi connectivity index (χ1v) is 6.70. The van der Waals surface area contributed by atoms with Gasteiger partial charge in [0.25, 0.3) is 0 Å². The predicted molar refractivity (Wildman–Crippen MR) is 86.8 cm³/mol. The Hall–Kier alpha value is -0.0700. The SMILES string of the molecule is CC(C)[C@@H](N)C(=O)NCC(C)(C)N1CCOCC1.Cl.Cl. The van der Waals surface area contributed by atoms with E-state index in [-0.39, 0.29) is 42.2 Å².